The number of phenols is 1. The minimum atomic E-state index is -1.16. The fourth-order valence-corrected chi connectivity index (χ4v) is 8.51. The molecule has 228 valence electrons. The molecule has 0 radical (unpaired) electrons. The van der Waals surface area contributed by atoms with Crippen molar-refractivity contribution in [2.75, 3.05) is 37.7 Å². The third kappa shape index (κ3) is 3.92. The second-order valence-electron chi connectivity index (χ2n) is 13.2. The lowest BCUT2D eigenvalue weighted by Gasteiger charge is -2.36. The van der Waals surface area contributed by atoms with Gasteiger partial charge in [0.2, 0.25) is 0 Å². The van der Waals surface area contributed by atoms with Gasteiger partial charge in [-0.3, -0.25) is 9.88 Å². The fourth-order valence-electron chi connectivity index (χ4n) is 8.51. The molecule has 6 atom stereocenters. The van der Waals surface area contributed by atoms with Crippen molar-refractivity contribution in [1.82, 2.24) is 25.2 Å². The number of aromatic hydroxyl groups is 1. The molecule has 44 heavy (non-hydrogen) atoms. The molecule has 1 unspecified atom stereocenters. The van der Waals surface area contributed by atoms with E-state index in [1.54, 1.807) is 0 Å². The number of alkyl halides is 1. The zero-order valence-corrected chi connectivity index (χ0v) is 23.7. The number of hydrogen-bond acceptors (Lipinski definition) is 8. The second kappa shape index (κ2) is 9.37. The van der Waals surface area contributed by atoms with Gasteiger partial charge in [0.1, 0.15) is 35.6 Å². The third-order valence-electron chi connectivity index (χ3n) is 10.6. The lowest BCUT2D eigenvalue weighted by molar-refractivity contribution is 0.107. The summed E-state index contributed by atoms with van der Waals surface area (Å²) in [5, 5.41) is 14.4. The molecule has 2 bridgehead atoms. The van der Waals surface area contributed by atoms with Gasteiger partial charge in [-0.1, -0.05) is 6.07 Å². The van der Waals surface area contributed by atoms with Crippen LogP contribution in [0.5, 0.6) is 11.8 Å². The van der Waals surface area contributed by atoms with E-state index in [9.17, 15) is 13.9 Å². The smallest absolute Gasteiger partial charge is 0.319 e. The van der Waals surface area contributed by atoms with Gasteiger partial charge in [0.05, 0.1) is 10.9 Å². The summed E-state index contributed by atoms with van der Waals surface area (Å²) in [6.45, 7) is 2.73. The van der Waals surface area contributed by atoms with E-state index >= 15 is 8.78 Å². The summed E-state index contributed by atoms with van der Waals surface area (Å²) in [5.74, 6) is -1.61. The molecule has 9 rings (SSSR count). The van der Waals surface area contributed by atoms with Crippen LogP contribution in [-0.4, -0.2) is 81.5 Å². The molecule has 12 heteroatoms. The number of nitrogens with zero attached hydrogens (tertiary/aromatic N) is 5. The minimum Gasteiger partial charge on any atom is -0.508 e. The number of piperazine rings is 1. The molecule has 1 aliphatic carbocycles. The Morgan fingerprint density at radius 1 is 1.05 bits per heavy atom. The van der Waals surface area contributed by atoms with Gasteiger partial charge in [-0.05, 0) is 61.2 Å². The molecule has 1 saturated carbocycles. The quantitative estimate of drug-likeness (QED) is 0.316. The van der Waals surface area contributed by atoms with Crippen molar-refractivity contribution in [3.05, 3.63) is 47.9 Å². The fraction of sp³-hybridized carbons (Fsp3) is 0.469. The SMILES string of the molecule is Oc1cc(-c2ncc3c(N4C[C@@H]5N[C@H](C4)C4C[C@H]45)nc(OC[C@@]45CCCN4C[C@H](F)C5)nc3c2F)c2c(F)c(F)ccc2c1. The number of fused-ring (bicyclic) bond motifs is 8. The molecule has 4 aliphatic heterocycles. The molecule has 8 nitrogen and oxygen atoms in total. The Morgan fingerprint density at radius 3 is 2.68 bits per heavy atom. The van der Waals surface area contributed by atoms with Crippen molar-refractivity contribution in [1.29, 1.82) is 0 Å². The van der Waals surface area contributed by atoms with E-state index in [4.69, 9.17) is 9.72 Å². The Morgan fingerprint density at radius 2 is 1.86 bits per heavy atom. The van der Waals surface area contributed by atoms with Crippen molar-refractivity contribution < 1.29 is 27.4 Å². The maximum atomic E-state index is 16.6. The van der Waals surface area contributed by atoms with Gasteiger partial charge >= 0.3 is 6.01 Å². The second-order valence-corrected chi connectivity index (χ2v) is 13.2. The van der Waals surface area contributed by atoms with Gasteiger partial charge in [-0.2, -0.15) is 9.97 Å². The number of benzene rings is 2. The normalized spacial score (nSPS) is 30.7. The Balaban J connectivity index is 1.18. The number of nitrogens with one attached hydrogen (secondary N) is 1. The number of hydrogen-bond donors (Lipinski definition) is 2. The predicted molar refractivity (Wildman–Crippen MR) is 155 cm³/mol. The van der Waals surface area contributed by atoms with E-state index in [-0.39, 0.29) is 45.9 Å². The highest BCUT2D eigenvalue weighted by molar-refractivity contribution is 6.00. The van der Waals surface area contributed by atoms with Gasteiger partial charge in [0.15, 0.2) is 17.5 Å². The average Bonchev–Trinajstić information content (AvgIpc) is 3.55. The molecular formula is C32H30F4N6O2. The molecule has 4 aromatic rings. The number of piperidine rings is 1. The number of ether oxygens (including phenoxy) is 1. The van der Waals surface area contributed by atoms with E-state index in [2.05, 4.69) is 25.1 Å². The molecule has 0 spiro atoms. The predicted octanol–water partition coefficient (Wildman–Crippen LogP) is 4.72. The first-order valence-electron chi connectivity index (χ1n) is 15.3. The van der Waals surface area contributed by atoms with Crippen LogP contribution in [0.15, 0.2) is 30.5 Å². The van der Waals surface area contributed by atoms with Crippen LogP contribution in [0.25, 0.3) is 32.9 Å². The Kier molecular flexibility index (Phi) is 5.67. The monoisotopic (exact) mass is 606 g/mol. The van der Waals surface area contributed by atoms with Crippen LogP contribution < -0.4 is 15.0 Å². The van der Waals surface area contributed by atoms with E-state index in [0.717, 1.165) is 25.5 Å². The van der Waals surface area contributed by atoms with Gasteiger partial charge in [0, 0.05) is 55.3 Å². The van der Waals surface area contributed by atoms with Crippen molar-refractivity contribution in [2.45, 2.75) is 49.5 Å². The van der Waals surface area contributed by atoms with Crippen LogP contribution in [0.1, 0.15) is 25.7 Å². The largest absolute Gasteiger partial charge is 0.508 e. The van der Waals surface area contributed by atoms with Gasteiger partial charge in [0.25, 0.3) is 0 Å². The van der Waals surface area contributed by atoms with E-state index in [1.165, 1.54) is 30.8 Å². The standard InChI is InChI=1S/C32H30F4N6O2/c33-16-9-32(4-1-5-42(32)11-16)14-44-31-39-29-21(30(40-31)41-12-23-18-8-19(18)24(13-41)38-23)10-37-28(27(29)36)20-7-17(43)6-15-2-3-22(34)26(35)25(15)20/h2-3,6-7,10,16,18-19,23-24,38,43H,1,4-5,8-9,11-14H2/t16-,18-,19?,23+,24-,32+/m1/s1. The Hall–Kier alpha value is -3.77. The molecular weight excluding hydrogens is 576 g/mol. The third-order valence-corrected chi connectivity index (χ3v) is 10.6. The molecule has 5 aliphatic rings. The molecule has 2 aromatic carbocycles. The lowest BCUT2D eigenvalue weighted by atomic mass is 9.95. The number of pyridine rings is 1. The average molecular weight is 607 g/mol. The van der Waals surface area contributed by atoms with Crippen LogP contribution in [0, 0.1) is 29.3 Å². The van der Waals surface area contributed by atoms with Crippen molar-refractivity contribution in [2.24, 2.45) is 11.8 Å². The minimum absolute atomic E-state index is 0.0267. The summed E-state index contributed by atoms with van der Waals surface area (Å²) in [7, 11) is 0. The zero-order chi connectivity index (χ0) is 29.9. The zero-order valence-electron chi connectivity index (χ0n) is 23.7. The number of anilines is 1. The van der Waals surface area contributed by atoms with Gasteiger partial charge < -0.3 is 20.1 Å². The van der Waals surface area contributed by atoms with Crippen LogP contribution in [0.3, 0.4) is 0 Å². The number of halogens is 4. The van der Waals surface area contributed by atoms with Crippen molar-refractivity contribution in [3.8, 4) is 23.0 Å². The molecule has 2 aromatic heterocycles. The van der Waals surface area contributed by atoms with E-state index in [1.807, 2.05) is 0 Å². The summed E-state index contributed by atoms with van der Waals surface area (Å²) >= 11 is 0. The summed E-state index contributed by atoms with van der Waals surface area (Å²) in [6, 6.07) is 5.33. The van der Waals surface area contributed by atoms with E-state index < -0.39 is 29.2 Å². The van der Waals surface area contributed by atoms with Crippen LogP contribution >= 0.6 is 0 Å². The summed E-state index contributed by atoms with van der Waals surface area (Å²) in [4.78, 5) is 17.9. The van der Waals surface area contributed by atoms with Crippen LogP contribution in [0.2, 0.25) is 0 Å². The highest BCUT2D eigenvalue weighted by atomic mass is 19.2. The van der Waals surface area contributed by atoms with Gasteiger partial charge in [-0.15, -0.1) is 0 Å². The molecule has 2 N–H and O–H groups in total. The van der Waals surface area contributed by atoms with Crippen molar-refractivity contribution in [3.63, 3.8) is 0 Å². The molecule has 5 fully saturated rings. The first-order valence-corrected chi connectivity index (χ1v) is 15.3. The highest BCUT2D eigenvalue weighted by Crippen LogP contribution is 2.52. The van der Waals surface area contributed by atoms with Crippen LogP contribution in [-0.2, 0) is 0 Å². The summed E-state index contributed by atoms with van der Waals surface area (Å²) in [5.41, 5.74) is -0.899. The molecule has 0 amide bonds. The molecule has 4 saturated heterocycles. The Labute approximate surface area is 250 Å². The number of aromatic nitrogens is 3. The first kappa shape index (κ1) is 26.6. The van der Waals surface area contributed by atoms with Crippen molar-refractivity contribution >= 4 is 27.5 Å². The molecule has 6 heterocycles. The highest BCUT2D eigenvalue weighted by Gasteiger charge is 2.57. The van der Waals surface area contributed by atoms with Gasteiger partial charge in [-0.25, -0.2) is 17.6 Å². The van der Waals surface area contributed by atoms with E-state index in [0.29, 0.717) is 61.2 Å². The Bertz CT molecular complexity index is 1840. The summed E-state index contributed by atoms with van der Waals surface area (Å²) in [6.07, 6.45) is 3.86. The summed E-state index contributed by atoms with van der Waals surface area (Å²) < 4.78 is 66.7. The first-order chi connectivity index (χ1) is 21.3. The maximum absolute atomic E-state index is 16.6. The van der Waals surface area contributed by atoms with Crippen LogP contribution in [0.4, 0.5) is 23.4 Å². The number of rotatable bonds is 5. The maximum Gasteiger partial charge on any atom is 0.319 e. The lowest BCUT2D eigenvalue weighted by Crippen LogP contribution is -2.54. The number of phenolic OH excluding ortho intramolecular Hbond substituents is 1. The topological polar surface area (TPSA) is 86.6 Å².